The molecule has 0 aliphatic heterocycles. The topological polar surface area (TPSA) is 107 Å². The number of esters is 2. The van der Waals surface area contributed by atoms with Gasteiger partial charge in [0.2, 0.25) is 16.3 Å². The first kappa shape index (κ1) is 38.3. The van der Waals surface area contributed by atoms with Crippen LogP contribution < -0.4 is 0 Å². The van der Waals surface area contributed by atoms with Crippen LogP contribution >= 0.6 is 0 Å². The predicted octanol–water partition coefficient (Wildman–Crippen LogP) is 4.89. The van der Waals surface area contributed by atoms with E-state index in [-0.39, 0.29) is 54.6 Å². The van der Waals surface area contributed by atoms with Gasteiger partial charge in [0.1, 0.15) is 0 Å². The van der Waals surface area contributed by atoms with Gasteiger partial charge in [0, 0.05) is 0 Å². The average Bonchev–Trinajstić information content (AvgIpc) is 3.28. The number of ether oxygens (including phenoxy) is 2. The van der Waals surface area contributed by atoms with E-state index >= 15 is 0 Å². The zero-order valence-electron chi connectivity index (χ0n) is 23.9. The molecule has 1 N–H and O–H groups in total. The van der Waals surface area contributed by atoms with E-state index in [1.54, 1.807) is 0 Å². The van der Waals surface area contributed by atoms with E-state index in [4.69, 9.17) is 9.47 Å². The van der Waals surface area contributed by atoms with Crippen LogP contribution in [0.4, 0.5) is 0 Å². The number of unbranched alkanes of at least 4 members (excludes halogenated alkanes) is 2. The van der Waals surface area contributed by atoms with E-state index in [0.717, 1.165) is 56.1 Å². The summed E-state index contributed by atoms with van der Waals surface area (Å²) in [6, 6.07) is 8.64. The number of allylic oxidation sites excluding steroid dienone is 1. The second kappa shape index (κ2) is 21.1. The van der Waals surface area contributed by atoms with E-state index in [9.17, 15) is 22.6 Å². The summed E-state index contributed by atoms with van der Waals surface area (Å²) in [6.45, 7) is 8.35. The molecule has 39 heavy (non-hydrogen) atoms. The SMILES string of the molecule is CCCCC(CC)COC(=O)CC(C(=O)OCC(CC)CCCC)S(=O)(=O)O.[AlH2][CH]1C=Cc2ccccc21.[NaH]. The zero-order chi connectivity index (χ0) is 28.6. The molecule has 1 aromatic carbocycles. The Morgan fingerprint density at radius 1 is 0.949 bits per heavy atom. The fraction of sp³-hybridized carbons (Fsp3) is 0.655. The van der Waals surface area contributed by atoms with Crippen molar-refractivity contribution in [2.75, 3.05) is 13.2 Å². The molecule has 1 aliphatic rings. The molecule has 7 nitrogen and oxygen atoms in total. The second-order valence-corrected chi connectivity index (χ2v) is 13.0. The first-order chi connectivity index (χ1) is 18.1. The molecule has 0 amide bonds. The maximum absolute atomic E-state index is 12.2. The molecule has 10 heteroatoms. The fourth-order valence-electron chi connectivity index (χ4n) is 4.25. The van der Waals surface area contributed by atoms with E-state index in [1.807, 2.05) is 13.8 Å². The van der Waals surface area contributed by atoms with Gasteiger partial charge >= 0.3 is 41.5 Å². The molecule has 0 radical (unpaired) electrons. The monoisotopic (exact) mass is 590 g/mol. The standard InChI is InChI=1S/C20H38O7S.C9H7.Al.Na.3H/c1-5-9-11-16(7-3)14-26-19(21)13-18(28(23,24)25)20(22)27-15-17(8-4)12-10-6-2;1-2-5-9-7-3-6-8(9)4-1;;;;;/h16-18H,5-15H2,1-4H3,(H,23,24,25);1-7H;;;;;. The molecule has 1 aliphatic carbocycles. The van der Waals surface area contributed by atoms with Crippen molar-refractivity contribution in [1.29, 1.82) is 0 Å². The van der Waals surface area contributed by atoms with Crippen molar-refractivity contribution >= 4 is 74.0 Å². The quantitative estimate of drug-likeness (QED) is 0.166. The van der Waals surface area contributed by atoms with Gasteiger partial charge in [-0.2, -0.15) is 8.42 Å². The van der Waals surface area contributed by atoms with Gasteiger partial charge in [-0.15, -0.1) is 0 Å². The van der Waals surface area contributed by atoms with Crippen LogP contribution in [-0.4, -0.2) is 89.2 Å². The van der Waals surface area contributed by atoms with Crippen LogP contribution in [0.25, 0.3) is 6.08 Å². The summed E-state index contributed by atoms with van der Waals surface area (Å²) in [7, 11) is -4.76. The molecule has 2 rings (SSSR count). The van der Waals surface area contributed by atoms with Crippen LogP contribution in [0.2, 0.25) is 0 Å². The van der Waals surface area contributed by atoms with Crippen molar-refractivity contribution < 1.29 is 32.0 Å². The van der Waals surface area contributed by atoms with Crippen molar-refractivity contribution in [1.82, 2.24) is 0 Å². The van der Waals surface area contributed by atoms with Crippen LogP contribution in [0, 0.1) is 11.8 Å². The molecule has 4 atom stereocenters. The molecular formula is C29H48AlNaO7S. The number of carbonyl (C=O) groups excluding carboxylic acids is 2. The van der Waals surface area contributed by atoms with Gasteiger partial charge < -0.3 is 9.47 Å². The Bertz CT molecular complexity index is 984. The number of carbonyl (C=O) groups is 2. The summed E-state index contributed by atoms with van der Waals surface area (Å²) in [6.07, 6.45) is 11.3. The second-order valence-electron chi connectivity index (χ2n) is 10.1. The summed E-state index contributed by atoms with van der Waals surface area (Å²) in [4.78, 5) is 24.2. The van der Waals surface area contributed by atoms with Gasteiger partial charge in [-0.3, -0.25) is 14.1 Å². The minimum atomic E-state index is -4.76. The predicted molar refractivity (Wildman–Crippen MR) is 162 cm³/mol. The molecule has 0 saturated heterocycles. The summed E-state index contributed by atoms with van der Waals surface area (Å²) in [5.41, 5.74) is 2.94. The van der Waals surface area contributed by atoms with Crippen molar-refractivity contribution in [2.24, 2.45) is 11.8 Å². The van der Waals surface area contributed by atoms with Crippen molar-refractivity contribution in [3.63, 3.8) is 0 Å². The third kappa shape index (κ3) is 15.2. The number of benzene rings is 1. The molecule has 0 saturated carbocycles. The van der Waals surface area contributed by atoms with Gasteiger partial charge in [0.05, 0.1) is 19.6 Å². The van der Waals surface area contributed by atoms with Gasteiger partial charge in [0.25, 0.3) is 10.1 Å². The summed E-state index contributed by atoms with van der Waals surface area (Å²) in [5, 5.41) is -1.95. The maximum atomic E-state index is 12.2. The van der Waals surface area contributed by atoms with Crippen molar-refractivity contribution in [3.05, 3.63) is 41.5 Å². The van der Waals surface area contributed by atoms with Gasteiger partial charge in [-0.25, -0.2) is 0 Å². The number of fused-ring (bicyclic) bond motifs is 1. The molecule has 1 aromatic rings. The van der Waals surface area contributed by atoms with E-state index in [1.165, 1.54) is 27.4 Å². The van der Waals surface area contributed by atoms with Crippen LogP contribution in [-0.2, 0) is 29.2 Å². The molecule has 216 valence electrons. The number of rotatable bonds is 16. The Morgan fingerprint density at radius 2 is 1.49 bits per heavy atom. The van der Waals surface area contributed by atoms with Crippen LogP contribution in [0.15, 0.2) is 30.3 Å². The Labute approximate surface area is 266 Å². The molecule has 0 fully saturated rings. The van der Waals surface area contributed by atoms with E-state index in [2.05, 4.69) is 50.3 Å². The van der Waals surface area contributed by atoms with Crippen LogP contribution in [0.1, 0.15) is 101 Å². The number of hydrogen-bond donors (Lipinski definition) is 1. The van der Waals surface area contributed by atoms with Crippen molar-refractivity contribution in [3.8, 4) is 0 Å². The van der Waals surface area contributed by atoms with Gasteiger partial charge in [-0.05, 0) is 40.6 Å². The molecule has 4 unspecified atom stereocenters. The van der Waals surface area contributed by atoms with Crippen LogP contribution in [0.5, 0.6) is 0 Å². The molecule has 0 bridgehead atoms. The minimum absolute atomic E-state index is 0. The first-order valence-corrected chi connectivity index (χ1v) is 16.8. The first-order valence-electron chi connectivity index (χ1n) is 14.1. The molecule has 0 spiro atoms. The molecule has 0 aromatic heterocycles. The third-order valence-electron chi connectivity index (χ3n) is 7.05. The Balaban J connectivity index is 0.00000108. The zero-order valence-corrected chi connectivity index (χ0v) is 26.7. The molecular weight excluding hydrogens is 542 g/mol. The third-order valence-corrected chi connectivity index (χ3v) is 9.14. The van der Waals surface area contributed by atoms with Gasteiger partial charge in [0.15, 0.2) is 5.25 Å². The van der Waals surface area contributed by atoms with E-state index < -0.39 is 33.7 Å². The number of hydrogen-bond acceptors (Lipinski definition) is 6. The van der Waals surface area contributed by atoms with Crippen LogP contribution in [0.3, 0.4) is 0 Å². The van der Waals surface area contributed by atoms with Crippen molar-refractivity contribution in [2.45, 2.75) is 95.5 Å². The fourth-order valence-corrected chi connectivity index (χ4v) is 5.63. The normalized spacial score (nSPS) is 16.1. The van der Waals surface area contributed by atoms with E-state index in [0.29, 0.717) is 0 Å². The molecule has 0 heterocycles. The average molecular weight is 591 g/mol. The Kier molecular flexibility index (Phi) is 20.7. The van der Waals surface area contributed by atoms with Gasteiger partial charge in [-0.1, -0.05) is 103 Å². The summed E-state index contributed by atoms with van der Waals surface area (Å²) >= 11 is 1.24. The summed E-state index contributed by atoms with van der Waals surface area (Å²) in [5.74, 6) is -1.61. The Hall–Kier alpha value is -0.658. The Morgan fingerprint density at radius 3 is 1.97 bits per heavy atom. The summed E-state index contributed by atoms with van der Waals surface area (Å²) < 4.78 is 43.5.